The van der Waals surface area contributed by atoms with Crippen LogP contribution in [0.15, 0.2) is 54.6 Å². The lowest BCUT2D eigenvalue weighted by molar-refractivity contribution is -0.146. The van der Waals surface area contributed by atoms with Gasteiger partial charge in [-0.2, -0.15) is 0 Å². The van der Waals surface area contributed by atoms with Crippen molar-refractivity contribution in [3.63, 3.8) is 0 Å². The van der Waals surface area contributed by atoms with Crippen LogP contribution in [0.5, 0.6) is 28.7 Å². The number of cyclic esters (lactones) is 1. The summed E-state index contributed by atoms with van der Waals surface area (Å²) in [5.41, 5.74) is 3.66. The van der Waals surface area contributed by atoms with Gasteiger partial charge in [-0.1, -0.05) is 30.3 Å². The third-order valence-corrected chi connectivity index (χ3v) is 7.81. The number of hydrogen-bond donors (Lipinski definition) is 0. The monoisotopic (exact) mass is 488 g/mol. The predicted molar refractivity (Wildman–Crippen MR) is 131 cm³/mol. The lowest BCUT2D eigenvalue weighted by Crippen LogP contribution is -2.44. The van der Waals surface area contributed by atoms with Gasteiger partial charge in [-0.15, -0.1) is 0 Å². The van der Waals surface area contributed by atoms with Crippen LogP contribution in [-0.4, -0.2) is 40.7 Å². The molecule has 2 aliphatic heterocycles. The van der Waals surface area contributed by atoms with Crippen LogP contribution in [0, 0.1) is 11.3 Å². The topological polar surface area (TPSA) is 72.5 Å². The summed E-state index contributed by atoms with van der Waals surface area (Å²) in [4.78, 5) is 13.6. The van der Waals surface area contributed by atoms with E-state index in [1.165, 1.54) is 5.56 Å². The van der Waals surface area contributed by atoms with E-state index in [1.54, 1.807) is 21.3 Å². The van der Waals surface area contributed by atoms with Crippen LogP contribution in [0.1, 0.15) is 28.2 Å². The van der Waals surface area contributed by atoms with Gasteiger partial charge in [-0.3, -0.25) is 4.79 Å². The summed E-state index contributed by atoms with van der Waals surface area (Å²) < 4.78 is 33.7. The van der Waals surface area contributed by atoms with Crippen molar-refractivity contribution in [2.24, 2.45) is 11.3 Å². The minimum Gasteiger partial charge on any atom is -0.493 e. The van der Waals surface area contributed by atoms with Crippen LogP contribution in [0.25, 0.3) is 0 Å². The molecular formula is C29H28O7. The number of fused-ring (bicyclic) bond motifs is 3. The van der Waals surface area contributed by atoms with Gasteiger partial charge in [0.05, 0.1) is 33.4 Å². The summed E-state index contributed by atoms with van der Waals surface area (Å²) in [7, 11) is 4.77. The van der Waals surface area contributed by atoms with E-state index in [-0.39, 0.29) is 24.6 Å². The molecule has 1 aliphatic carbocycles. The fourth-order valence-corrected chi connectivity index (χ4v) is 6.18. The summed E-state index contributed by atoms with van der Waals surface area (Å²) in [6.45, 7) is 0.576. The van der Waals surface area contributed by atoms with Crippen molar-refractivity contribution in [2.75, 3.05) is 34.7 Å². The smallest absolute Gasteiger partial charge is 0.313 e. The summed E-state index contributed by atoms with van der Waals surface area (Å²) in [5.74, 6) is 2.88. The third kappa shape index (κ3) is 3.37. The molecule has 3 aromatic carbocycles. The number of carbonyl (C=O) groups excluding carboxylic acids is 1. The highest BCUT2D eigenvalue weighted by Gasteiger charge is 2.58. The first-order chi connectivity index (χ1) is 17.6. The molecule has 0 N–H and O–H groups in total. The van der Waals surface area contributed by atoms with Crippen LogP contribution in [0.4, 0.5) is 0 Å². The van der Waals surface area contributed by atoms with Gasteiger partial charge < -0.3 is 28.4 Å². The Balaban J connectivity index is 1.48. The Labute approximate surface area is 209 Å². The molecule has 3 aromatic rings. The molecule has 0 spiro atoms. The van der Waals surface area contributed by atoms with Crippen LogP contribution >= 0.6 is 0 Å². The summed E-state index contributed by atoms with van der Waals surface area (Å²) in [6, 6.07) is 18.3. The van der Waals surface area contributed by atoms with Crippen LogP contribution in [0.2, 0.25) is 0 Å². The van der Waals surface area contributed by atoms with E-state index in [2.05, 4.69) is 24.3 Å². The van der Waals surface area contributed by atoms with Crippen molar-refractivity contribution in [1.29, 1.82) is 0 Å². The second-order valence-corrected chi connectivity index (χ2v) is 9.54. The number of carbonyl (C=O) groups is 1. The molecule has 0 aromatic heterocycles. The van der Waals surface area contributed by atoms with Crippen LogP contribution in [0.3, 0.4) is 0 Å². The number of benzene rings is 3. The minimum absolute atomic E-state index is 0.0297. The molecular weight excluding hydrogens is 460 g/mol. The quantitative estimate of drug-likeness (QED) is 0.472. The van der Waals surface area contributed by atoms with E-state index in [0.29, 0.717) is 36.7 Å². The zero-order chi connectivity index (χ0) is 24.9. The summed E-state index contributed by atoms with van der Waals surface area (Å²) in [6.07, 6.45) is 1.09. The zero-order valence-corrected chi connectivity index (χ0v) is 20.5. The number of rotatable bonds is 6. The molecule has 0 saturated carbocycles. The van der Waals surface area contributed by atoms with Gasteiger partial charge in [0.25, 0.3) is 0 Å². The second kappa shape index (κ2) is 8.66. The molecule has 0 unspecified atom stereocenters. The van der Waals surface area contributed by atoms with Crippen LogP contribution in [-0.2, 0) is 22.4 Å². The van der Waals surface area contributed by atoms with Crippen molar-refractivity contribution in [3.05, 3.63) is 76.9 Å². The van der Waals surface area contributed by atoms with Gasteiger partial charge in [0.1, 0.15) is 0 Å². The molecule has 36 heavy (non-hydrogen) atoms. The SMILES string of the molecule is COc1cc(C[C@]23Cc4ccccc4[C@H](c4ccc5c(c4)OCO5)[C@H]2COC3=O)cc(OC)c1OC. The maximum absolute atomic E-state index is 13.6. The Hall–Kier alpha value is -3.87. The highest BCUT2D eigenvalue weighted by atomic mass is 16.7. The Morgan fingerprint density at radius 3 is 2.39 bits per heavy atom. The molecule has 0 amide bonds. The Kier molecular flexibility index (Phi) is 5.43. The van der Waals surface area contributed by atoms with Gasteiger partial charge in [-0.25, -0.2) is 0 Å². The number of esters is 1. The fraction of sp³-hybridized carbons (Fsp3) is 0.345. The van der Waals surface area contributed by atoms with Crippen molar-refractivity contribution in [1.82, 2.24) is 0 Å². The highest BCUT2D eigenvalue weighted by molar-refractivity contribution is 5.82. The predicted octanol–water partition coefficient (Wildman–Crippen LogP) is 4.53. The van der Waals surface area contributed by atoms with E-state index in [4.69, 9.17) is 28.4 Å². The van der Waals surface area contributed by atoms with Crippen molar-refractivity contribution >= 4 is 5.97 Å². The molecule has 2 heterocycles. The average Bonchev–Trinajstić information content (AvgIpc) is 3.50. The van der Waals surface area contributed by atoms with E-state index < -0.39 is 5.41 Å². The van der Waals surface area contributed by atoms with Crippen molar-refractivity contribution in [2.45, 2.75) is 18.8 Å². The van der Waals surface area contributed by atoms with Crippen molar-refractivity contribution in [3.8, 4) is 28.7 Å². The first kappa shape index (κ1) is 22.6. The lowest BCUT2D eigenvalue weighted by atomic mass is 9.57. The van der Waals surface area contributed by atoms with E-state index in [9.17, 15) is 4.79 Å². The first-order valence-electron chi connectivity index (χ1n) is 12.0. The molecule has 7 heteroatoms. The van der Waals surface area contributed by atoms with Crippen molar-refractivity contribution < 1.29 is 33.2 Å². The second-order valence-electron chi connectivity index (χ2n) is 9.54. The number of ether oxygens (including phenoxy) is 6. The third-order valence-electron chi connectivity index (χ3n) is 7.81. The fourth-order valence-electron chi connectivity index (χ4n) is 6.18. The normalized spacial score (nSPS) is 23.5. The molecule has 186 valence electrons. The molecule has 0 radical (unpaired) electrons. The van der Waals surface area contributed by atoms with E-state index >= 15 is 0 Å². The summed E-state index contributed by atoms with van der Waals surface area (Å²) >= 11 is 0. The van der Waals surface area contributed by atoms with Gasteiger partial charge >= 0.3 is 5.97 Å². The standard InChI is InChI=1S/C29H28O7/c1-31-24-10-17(11-25(32-2)27(24)33-3)13-29-14-19-6-4-5-7-20(19)26(21(29)15-34-28(29)30)18-8-9-22-23(12-18)36-16-35-22/h4-12,21,26H,13-16H2,1-3H3/t21-,26+,29+/m1/s1. The summed E-state index contributed by atoms with van der Waals surface area (Å²) in [5, 5.41) is 0. The van der Waals surface area contributed by atoms with Gasteiger partial charge in [0, 0.05) is 11.8 Å². The molecule has 1 fully saturated rings. The Morgan fingerprint density at radius 1 is 0.889 bits per heavy atom. The number of hydrogen-bond acceptors (Lipinski definition) is 7. The lowest BCUT2D eigenvalue weighted by Gasteiger charge is -2.42. The van der Waals surface area contributed by atoms with E-state index in [0.717, 1.165) is 28.2 Å². The molecule has 3 aliphatic rings. The van der Waals surface area contributed by atoms with Gasteiger partial charge in [0.2, 0.25) is 12.5 Å². The van der Waals surface area contributed by atoms with Gasteiger partial charge in [-0.05, 0) is 59.4 Å². The molecule has 1 saturated heterocycles. The zero-order valence-electron chi connectivity index (χ0n) is 20.5. The maximum atomic E-state index is 13.6. The maximum Gasteiger partial charge on any atom is 0.313 e. The highest BCUT2D eigenvalue weighted by Crippen LogP contribution is 2.56. The Morgan fingerprint density at radius 2 is 1.64 bits per heavy atom. The molecule has 0 bridgehead atoms. The molecule has 6 rings (SSSR count). The average molecular weight is 489 g/mol. The van der Waals surface area contributed by atoms with Crippen LogP contribution < -0.4 is 23.7 Å². The molecule has 3 atom stereocenters. The molecule has 7 nitrogen and oxygen atoms in total. The number of methoxy groups -OCH3 is 3. The Bertz CT molecular complexity index is 1310. The largest absolute Gasteiger partial charge is 0.493 e. The van der Waals surface area contributed by atoms with E-state index in [1.807, 2.05) is 30.3 Å². The minimum atomic E-state index is -0.736. The first-order valence-corrected chi connectivity index (χ1v) is 12.0. The van der Waals surface area contributed by atoms with Gasteiger partial charge in [0.15, 0.2) is 23.0 Å².